The minimum absolute atomic E-state index is 0.113. The van der Waals surface area contributed by atoms with Crippen LogP contribution in [0.2, 0.25) is 0 Å². The molecule has 206 valence electrons. The molecule has 1 aliphatic rings. The molecule has 10 nitrogen and oxygen atoms in total. The Morgan fingerprint density at radius 2 is 1.82 bits per heavy atom. The first-order chi connectivity index (χ1) is 19.3. The van der Waals surface area contributed by atoms with Crippen molar-refractivity contribution in [1.82, 2.24) is 29.4 Å². The number of aryl methyl sites for hydroxylation is 1. The number of hydrogen-bond donors (Lipinski definition) is 2. The van der Waals surface area contributed by atoms with E-state index >= 15 is 0 Å². The summed E-state index contributed by atoms with van der Waals surface area (Å²) in [6.45, 7) is 2.13. The Kier molecular flexibility index (Phi) is 6.78. The third kappa shape index (κ3) is 4.94. The van der Waals surface area contributed by atoms with Gasteiger partial charge in [0.05, 0.1) is 30.4 Å². The molecule has 0 aliphatic carbocycles. The molecular weight excluding hydrogens is 513 g/mol. The summed E-state index contributed by atoms with van der Waals surface area (Å²) < 4.78 is 22.7. The Hall–Kier alpha value is -4.19. The first-order valence-electron chi connectivity index (χ1n) is 13.2. The number of halogens is 1. The lowest BCUT2D eigenvalue weighted by atomic mass is 9.91. The van der Waals surface area contributed by atoms with Gasteiger partial charge in [0.2, 0.25) is 0 Å². The Bertz CT molecular complexity index is 1700. The van der Waals surface area contributed by atoms with Gasteiger partial charge in [-0.25, -0.2) is 9.37 Å². The van der Waals surface area contributed by atoms with Crippen LogP contribution in [0, 0.1) is 5.82 Å². The first kappa shape index (κ1) is 26.1. The van der Waals surface area contributed by atoms with Crippen molar-refractivity contribution in [3.8, 4) is 22.4 Å². The highest BCUT2D eigenvalue weighted by molar-refractivity contribution is 5.89. The second-order valence-corrected chi connectivity index (χ2v) is 10.5. The minimum atomic E-state index is -1.08. The SMILES string of the molecule is Cn1nc2c(=O)n(CC3(O)CCN(Cc4ccc(-c5cnoc5)cc4F)CC3)cnc2c1-c1ccc(CN)cc1. The van der Waals surface area contributed by atoms with Crippen molar-refractivity contribution in [2.75, 3.05) is 13.1 Å². The van der Waals surface area contributed by atoms with E-state index in [0.717, 1.165) is 22.4 Å². The van der Waals surface area contributed by atoms with Crippen molar-refractivity contribution in [3.05, 3.63) is 88.5 Å². The van der Waals surface area contributed by atoms with E-state index < -0.39 is 5.60 Å². The van der Waals surface area contributed by atoms with Gasteiger partial charge in [0, 0.05) is 49.9 Å². The van der Waals surface area contributed by atoms with Gasteiger partial charge in [-0.2, -0.15) is 5.10 Å². The van der Waals surface area contributed by atoms with Crippen LogP contribution in [0.25, 0.3) is 33.4 Å². The quantitative estimate of drug-likeness (QED) is 0.321. The summed E-state index contributed by atoms with van der Waals surface area (Å²) in [4.78, 5) is 20.0. The Labute approximate surface area is 229 Å². The topological polar surface area (TPSA) is 128 Å². The van der Waals surface area contributed by atoms with Gasteiger partial charge >= 0.3 is 0 Å². The van der Waals surface area contributed by atoms with E-state index in [1.54, 1.807) is 24.0 Å². The molecule has 0 atom stereocenters. The lowest BCUT2D eigenvalue weighted by Gasteiger charge is -2.38. The summed E-state index contributed by atoms with van der Waals surface area (Å²) in [5.74, 6) is -0.296. The average Bonchev–Trinajstić information content (AvgIpc) is 3.61. The lowest BCUT2D eigenvalue weighted by Crippen LogP contribution is -2.47. The van der Waals surface area contributed by atoms with Crippen LogP contribution in [-0.2, 0) is 26.7 Å². The summed E-state index contributed by atoms with van der Waals surface area (Å²) in [5.41, 5.74) is 9.77. The molecule has 40 heavy (non-hydrogen) atoms. The fraction of sp³-hybridized carbons (Fsp3) is 0.310. The molecule has 1 fully saturated rings. The van der Waals surface area contributed by atoms with Gasteiger partial charge in [0.15, 0.2) is 5.52 Å². The molecule has 0 unspecified atom stereocenters. The van der Waals surface area contributed by atoms with Gasteiger partial charge in [-0.1, -0.05) is 41.6 Å². The highest BCUT2D eigenvalue weighted by Crippen LogP contribution is 2.28. The number of hydrogen-bond acceptors (Lipinski definition) is 8. The van der Waals surface area contributed by atoms with Gasteiger partial charge in [-0.3, -0.25) is 18.9 Å². The van der Waals surface area contributed by atoms with Gasteiger partial charge in [-0.05, 0) is 30.0 Å². The van der Waals surface area contributed by atoms with Crippen LogP contribution in [-0.4, -0.2) is 53.2 Å². The monoisotopic (exact) mass is 543 g/mol. The second kappa shape index (κ2) is 10.4. The molecule has 3 N–H and O–H groups in total. The summed E-state index contributed by atoms with van der Waals surface area (Å²) in [5, 5.41) is 19.5. The third-order valence-corrected chi connectivity index (χ3v) is 7.74. The molecule has 0 spiro atoms. The van der Waals surface area contributed by atoms with Crippen molar-refractivity contribution in [2.24, 2.45) is 12.8 Å². The molecule has 5 aromatic rings. The predicted octanol–water partition coefficient (Wildman–Crippen LogP) is 3.08. The number of piperidine rings is 1. The summed E-state index contributed by atoms with van der Waals surface area (Å²) in [7, 11) is 1.78. The van der Waals surface area contributed by atoms with Crippen molar-refractivity contribution in [1.29, 1.82) is 0 Å². The smallest absolute Gasteiger partial charge is 0.281 e. The maximum atomic E-state index is 14.8. The van der Waals surface area contributed by atoms with E-state index in [-0.39, 0.29) is 23.4 Å². The van der Waals surface area contributed by atoms with E-state index in [9.17, 15) is 14.3 Å². The standard InChI is InChI=1S/C29H30FN7O3/c1-35-27(20-4-2-19(13-31)3-5-20)25-26(34-35)28(38)37(18-32-25)17-29(39)8-10-36(11-9-29)15-22-7-6-21(12-24(22)30)23-14-33-40-16-23/h2-7,12,14,16,18,39H,8-11,13,15,17,31H2,1H3. The van der Waals surface area contributed by atoms with E-state index in [1.165, 1.54) is 23.2 Å². The first-order valence-corrected chi connectivity index (χ1v) is 13.2. The number of likely N-dealkylation sites (tertiary alicyclic amines) is 1. The molecule has 0 bridgehead atoms. The molecule has 0 radical (unpaired) electrons. The van der Waals surface area contributed by atoms with Crippen molar-refractivity contribution < 1.29 is 14.0 Å². The average molecular weight is 544 g/mol. The highest BCUT2D eigenvalue weighted by atomic mass is 19.1. The number of rotatable bonds is 7. The van der Waals surface area contributed by atoms with Crippen LogP contribution in [0.1, 0.15) is 24.0 Å². The van der Waals surface area contributed by atoms with E-state index in [4.69, 9.17) is 10.3 Å². The van der Waals surface area contributed by atoms with E-state index in [0.29, 0.717) is 55.7 Å². The molecule has 3 aromatic heterocycles. The van der Waals surface area contributed by atoms with Gasteiger partial charge < -0.3 is 15.4 Å². The second-order valence-electron chi connectivity index (χ2n) is 10.5. The maximum absolute atomic E-state index is 14.8. The Balaban J connectivity index is 1.14. The fourth-order valence-electron chi connectivity index (χ4n) is 5.38. The molecule has 0 saturated carbocycles. The number of nitrogens with zero attached hydrogens (tertiary/aromatic N) is 6. The number of nitrogens with two attached hydrogens (primary N) is 1. The molecule has 2 aromatic carbocycles. The third-order valence-electron chi connectivity index (χ3n) is 7.74. The maximum Gasteiger partial charge on any atom is 0.281 e. The van der Waals surface area contributed by atoms with Crippen LogP contribution >= 0.6 is 0 Å². The molecule has 1 saturated heterocycles. The molecule has 1 aliphatic heterocycles. The van der Waals surface area contributed by atoms with Crippen LogP contribution in [0.4, 0.5) is 4.39 Å². The van der Waals surface area contributed by atoms with E-state index in [2.05, 4.69) is 20.1 Å². The van der Waals surface area contributed by atoms with Crippen LogP contribution in [0.15, 0.2) is 70.6 Å². The van der Waals surface area contributed by atoms with Crippen LogP contribution in [0.3, 0.4) is 0 Å². The largest absolute Gasteiger partial charge is 0.388 e. The van der Waals surface area contributed by atoms with Crippen LogP contribution < -0.4 is 11.3 Å². The van der Waals surface area contributed by atoms with Gasteiger partial charge in [0.25, 0.3) is 5.56 Å². The number of fused-ring (bicyclic) bond motifs is 1. The number of aliphatic hydroxyl groups is 1. The normalized spacial score (nSPS) is 15.6. The van der Waals surface area contributed by atoms with Crippen molar-refractivity contribution >= 4 is 11.0 Å². The zero-order valence-corrected chi connectivity index (χ0v) is 22.1. The lowest BCUT2D eigenvalue weighted by molar-refractivity contribution is -0.0366. The zero-order chi connectivity index (χ0) is 27.9. The Morgan fingerprint density at radius 1 is 1.07 bits per heavy atom. The summed E-state index contributed by atoms with van der Waals surface area (Å²) >= 11 is 0. The van der Waals surface area contributed by atoms with Crippen molar-refractivity contribution in [2.45, 2.75) is 38.1 Å². The van der Waals surface area contributed by atoms with E-state index in [1.807, 2.05) is 30.3 Å². The Morgan fingerprint density at radius 3 is 2.50 bits per heavy atom. The molecular formula is C29H30FN7O3. The van der Waals surface area contributed by atoms with Crippen LogP contribution in [0.5, 0.6) is 0 Å². The summed E-state index contributed by atoms with van der Waals surface area (Å²) in [6.07, 6.45) is 5.40. The molecule has 6 rings (SSSR count). The van der Waals surface area contributed by atoms with Crippen molar-refractivity contribution in [3.63, 3.8) is 0 Å². The number of aromatic nitrogens is 5. The fourth-order valence-corrected chi connectivity index (χ4v) is 5.38. The molecule has 4 heterocycles. The van der Waals surface area contributed by atoms with Gasteiger partial charge in [0.1, 0.15) is 17.6 Å². The minimum Gasteiger partial charge on any atom is -0.388 e. The molecule has 0 amide bonds. The van der Waals surface area contributed by atoms with Gasteiger partial charge in [-0.15, -0.1) is 0 Å². The number of benzene rings is 2. The predicted molar refractivity (Wildman–Crippen MR) is 147 cm³/mol. The zero-order valence-electron chi connectivity index (χ0n) is 22.1. The highest BCUT2D eigenvalue weighted by Gasteiger charge is 2.33. The summed E-state index contributed by atoms with van der Waals surface area (Å²) in [6, 6.07) is 12.9. The molecule has 11 heteroatoms.